The molecule has 0 saturated carbocycles. The largest absolute Gasteiger partial charge is 0.368 e. The van der Waals surface area contributed by atoms with Crippen molar-refractivity contribution in [3.8, 4) is 11.4 Å². The van der Waals surface area contributed by atoms with Crippen molar-refractivity contribution in [2.45, 2.75) is 0 Å². The number of nitrogens with zero attached hydrogens (tertiary/aromatic N) is 5. The standard InChI is InChI=1S/C18H17N5O2/c24-18(17-20-16(21-25-17)14-6-8-19-9-7-14)23-12-10-22(11-13-23)15-4-2-1-3-5-15/h1-9H,10-13H2. The predicted octanol–water partition coefficient (Wildman–Crippen LogP) is 2.09. The van der Waals surface area contributed by atoms with Crippen LogP contribution < -0.4 is 4.90 Å². The van der Waals surface area contributed by atoms with Gasteiger partial charge in [-0.1, -0.05) is 23.4 Å². The molecule has 1 aliphatic rings. The molecule has 0 N–H and O–H groups in total. The van der Waals surface area contributed by atoms with Gasteiger partial charge in [0.25, 0.3) is 0 Å². The molecule has 3 aromatic rings. The van der Waals surface area contributed by atoms with Crippen molar-refractivity contribution < 1.29 is 9.32 Å². The van der Waals surface area contributed by atoms with Crippen LogP contribution in [0.15, 0.2) is 59.4 Å². The molecule has 0 atom stereocenters. The minimum atomic E-state index is -0.222. The second-order valence-electron chi connectivity index (χ2n) is 5.77. The molecule has 0 radical (unpaired) electrons. The molecule has 7 heteroatoms. The van der Waals surface area contributed by atoms with Gasteiger partial charge in [-0.05, 0) is 24.3 Å². The molecular formula is C18H17N5O2. The van der Waals surface area contributed by atoms with E-state index in [2.05, 4.69) is 32.2 Å². The van der Waals surface area contributed by atoms with E-state index < -0.39 is 0 Å². The Morgan fingerprint density at radius 1 is 0.960 bits per heavy atom. The summed E-state index contributed by atoms with van der Waals surface area (Å²) >= 11 is 0. The number of piperazine rings is 1. The van der Waals surface area contributed by atoms with Gasteiger partial charge in [0.05, 0.1) is 0 Å². The third-order valence-corrected chi connectivity index (χ3v) is 4.24. The lowest BCUT2D eigenvalue weighted by Crippen LogP contribution is -2.48. The highest BCUT2D eigenvalue weighted by Crippen LogP contribution is 2.18. The maximum Gasteiger partial charge on any atom is 0.316 e. The number of rotatable bonds is 3. The van der Waals surface area contributed by atoms with Gasteiger partial charge in [0.2, 0.25) is 5.82 Å². The Labute approximate surface area is 144 Å². The normalized spacial score (nSPS) is 14.6. The predicted molar refractivity (Wildman–Crippen MR) is 92.1 cm³/mol. The SMILES string of the molecule is O=C(c1nc(-c2ccncc2)no1)N1CCN(c2ccccc2)CC1. The van der Waals surface area contributed by atoms with Crippen LogP contribution in [0.2, 0.25) is 0 Å². The van der Waals surface area contributed by atoms with Crippen molar-refractivity contribution in [2.24, 2.45) is 0 Å². The maximum atomic E-state index is 12.6. The number of carbonyl (C=O) groups is 1. The van der Waals surface area contributed by atoms with Crippen molar-refractivity contribution in [3.05, 3.63) is 60.7 Å². The fourth-order valence-corrected chi connectivity index (χ4v) is 2.87. The van der Waals surface area contributed by atoms with Crippen molar-refractivity contribution in [1.82, 2.24) is 20.0 Å². The number of carbonyl (C=O) groups excluding carboxylic acids is 1. The summed E-state index contributed by atoms with van der Waals surface area (Å²) in [7, 11) is 0. The van der Waals surface area contributed by atoms with Crippen LogP contribution in [0.1, 0.15) is 10.7 Å². The summed E-state index contributed by atoms with van der Waals surface area (Å²) in [5.41, 5.74) is 1.94. The van der Waals surface area contributed by atoms with E-state index in [0.29, 0.717) is 18.9 Å². The van der Waals surface area contributed by atoms with Crippen LogP contribution in [0.25, 0.3) is 11.4 Å². The molecule has 0 bridgehead atoms. The van der Waals surface area contributed by atoms with Crippen LogP contribution in [0.3, 0.4) is 0 Å². The van der Waals surface area contributed by atoms with E-state index in [4.69, 9.17) is 4.52 Å². The zero-order valence-corrected chi connectivity index (χ0v) is 13.6. The van der Waals surface area contributed by atoms with Crippen LogP contribution in [0, 0.1) is 0 Å². The van der Waals surface area contributed by atoms with Gasteiger partial charge in [-0.2, -0.15) is 4.98 Å². The summed E-state index contributed by atoms with van der Waals surface area (Å²) in [4.78, 5) is 24.8. The summed E-state index contributed by atoms with van der Waals surface area (Å²) in [5.74, 6) is 0.203. The molecule has 4 rings (SSSR count). The minimum absolute atomic E-state index is 0.0278. The van der Waals surface area contributed by atoms with Gasteiger partial charge in [0.1, 0.15) is 0 Å². The van der Waals surface area contributed by atoms with Crippen molar-refractivity contribution in [2.75, 3.05) is 31.1 Å². The first-order chi connectivity index (χ1) is 12.3. The number of aromatic nitrogens is 3. The van der Waals surface area contributed by atoms with Crippen molar-refractivity contribution in [3.63, 3.8) is 0 Å². The monoisotopic (exact) mass is 335 g/mol. The molecule has 25 heavy (non-hydrogen) atoms. The molecule has 0 spiro atoms. The summed E-state index contributed by atoms with van der Waals surface area (Å²) in [5, 5.41) is 3.89. The third kappa shape index (κ3) is 3.21. The van der Waals surface area contributed by atoms with Crippen LogP contribution in [-0.2, 0) is 0 Å². The summed E-state index contributed by atoms with van der Waals surface area (Å²) in [6.45, 7) is 2.81. The quantitative estimate of drug-likeness (QED) is 0.729. The van der Waals surface area contributed by atoms with Crippen molar-refractivity contribution >= 4 is 11.6 Å². The Morgan fingerprint density at radius 3 is 2.40 bits per heavy atom. The fourth-order valence-electron chi connectivity index (χ4n) is 2.87. The van der Waals surface area contributed by atoms with Gasteiger partial charge in [-0.25, -0.2) is 0 Å². The smallest absolute Gasteiger partial charge is 0.316 e. The molecule has 1 aromatic carbocycles. The molecule has 2 aromatic heterocycles. The molecule has 126 valence electrons. The first kappa shape index (κ1) is 15.3. The van der Waals surface area contributed by atoms with E-state index in [9.17, 15) is 4.79 Å². The van der Waals surface area contributed by atoms with E-state index in [-0.39, 0.29) is 11.8 Å². The Hall–Kier alpha value is -3.22. The second kappa shape index (κ2) is 6.72. The first-order valence-electron chi connectivity index (χ1n) is 8.14. The van der Waals surface area contributed by atoms with Crippen LogP contribution in [0.4, 0.5) is 5.69 Å². The molecule has 1 saturated heterocycles. The summed E-state index contributed by atoms with van der Waals surface area (Å²) < 4.78 is 5.16. The highest BCUT2D eigenvalue weighted by atomic mass is 16.5. The topological polar surface area (TPSA) is 75.4 Å². The van der Waals surface area contributed by atoms with Gasteiger partial charge in [-0.3, -0.25) is 9.78 Å². The highest BCUT2D eigenvalue weighted by molar-refractivity contribution is 5.90. The number of benzene rings is 1. The lowest BCUT2D eigenvalue weighted by molar-refractivity contribution is 0.0696. The molecule has 7 nitrogen and oxygen atoms in total. The third-order valence-electron chi connectivity index (χ3n) is 4.24. The number of hydrogen-bond acceptors (Lipinski definition) is 6. The van der Waals surface area contributed by atoms with E-state index in [1.807, 2.05) is 18.2 Å². The lowest BCUT2D eigenvalue weighted by Gasteiger charge is -2.35. The number of para-hydroxylation sites is 1. The van der Waals surface area contributed by atoms with E-state index in [1.165, 1.54) is 5.69 Å². The number of anilines is 1. The summed E-state index contributed by atoms with van der Waals surface area (Å²) in [6.07, 6.45) is 3.30. The van der Waals surface area contributed by atoms with Crippen molar-refractivity contribution in [1.29, 1.82) is 0 Å². The molecule has 1 fully saturated rings. The highest BCUT2D eigenvalue weighted by Gasteiger charge is 2.26. The lowest BCUT2D eigenvalue weighted by atomic mass is 10.2. The van der Waals surface area contributed by atoms with Gasteiger partial charge in [-0.15, -0.1) is 0 Å². The number of amides is 1. The van der Waals surface area contributed by atoms with Gasteiger partial charge in [0.15, 0.2) is 0 Å². The van der Waals surface area contributed by atoms with Crippen LogP contribution >= 0.6 is 0 Å². The first-order valence-corrected chi connectivity index (χ1v) is 8.14. The average Bonchev–Trinajstić information content (AvgIpc) is 3.19. The van der Waals surface area contributed by atoms with Crippen LogP contribution in [0.5, 0.6) is 0 Å². The second-order valence-corrected chi connectivity index (χ2v) is 5.77. The Kier molecular flexibility index (Phi) is 4.12. The zero-order chi connectivity index (χ0) is 17.1. The van der Waals surface area contributed by atoms with Gasteiger partial charge in [0, 0.05) is 49.8 Å². The molecular weight excluding hydrogens is 318 g/mol. The Morgan fingerprint density at radius 2 is 1.68 bits per heavy atom. The molecule has 3 heterocycles. The van der Waals surface area contributed by atoms with Gasteiger partial charge >= 0.3 is 11.8 Å². The van der Waals surface area contributed by atoms with E-state index in [1.54, 1.807) is 29.4 Å². The summed E-state index contributed by atoms with van der Waals surface area (Å²) in [6, 6.07) is 13.7. The maximum absolute atomic E-state index is 12.6. The van der Waals surface area contributed by atoms with Crippen LogP contribution in [-0.4, -0.2) is 52.1 Å². The zero-order valence-electron chi connectivity index (χ0n) is 13.6. The molecule has 1 aliphatic heterocycles. The number of hydrogen-bond donors (Lipinski definition) is 0. The fraction of sp³-hybridized carbons (Fsp3) is 0.222. The minimum Gasteiger partial charge on any atom is -0.368 e. The Balaban J connectivity index is 1.42. The van der Waals surface area contributed by atoms with Gasteiger partial charge < -0.3 is 14.3 Å². The molecule has 0 unspecified atom stereocenters. The van der Waals surface area contributed by atoms with E-state index in [0.717, 1.165) is 18.7 Å². The number of pyridine rings is 1. The van der Waals surface area contributed by atoms with E-state index >= 15 is 0 Å². The Bertz CT molecular complexity index is 842. The average molecular weight is 335 g/mol. The molecule has 0 aliphatic carbocycles. The molecule has 1 amide bonds.